The molecule has 0 aliphatic carbocycles. The van der Waals surface area contributed by atoms with Gasteiger partial charge in [-0.1, -0.05) is 6.92 Å². The first-order valence-corrected chi connectivity index (χ1v) is 11.6. The molecule has 8 heteroatoms. The number of likely N-dealkylation sites (N-methyl/N-ethyl adjacent to an activating group) is 1. The third-order valence-corrected chi connectivity index (χ3v) is 6.18. The number of rotatable bonds is 10. The van der Waals surface area contributed by atoms with Crippen LogP contribution in [0, 0.1) is 5.92 Å². The number of nitrogens with one attached hydrogen (secondary N) is 2. The van der Waals surface area contributed by atoms with Crippen LogP contribution in [0.2, 0.25) is 0 Å². The van der Waals surface area contributed by atoms with Gasteiger partial charge < -0.3 is 20.4 Å². The van der Waals surface area contributed by atoms with Gasteiger partial charge in [-0.25, -0.2) is 9.97 Å². The first kappa shape index (κ1) is 22.7. The molecule has 2 aliphatic rings. The van der Waals surface area contributed by atoms with Gasteiger partial charge in [-0.15, -0.1) is 0 Å². The van der Waals surface area contributed by atoms with Gasteiger partial charge in [-0.3, -0.25) is 9.69 Å². The molecule has 1 aromatic heterocycles. The third kappa shape index (κ3) is 7.40. The van der Waals surface area contributed by atoms with Gasteiger partial charge in [0.05, 0.1) is 0 Å². The Balaban J connectivity index is 1.36. The van der Waals surface area contributed by atoms with Crippen molar-refractivity contribution in [2.45, 2.75) is 39.0 Å². The molecule has 2 N–H and O–H groups in total. The van der Waals surface area contributed by atoms with Crippen molar-refractivity contribution in [3.63, 3.8) is 0 Å². The summed E-state index contributed by atoms with van der Waals surface area (Å²) in [4.78, 5) is 28.2. The van der Waals surface area contributed by atoms with Crippen LogP contribution < -0.4 is 15.5 Å². The zero-order valence-electron chi connectivity index (χ0n) is 18.8. The largest absolute Gasteiger partial charge is 0.370 e. The van der Waals surface area contributed by atoms with E-state index in [1.807, 2.05) is 6.07 Å². The molecule has 2 fully saturated rings. The van der Waals surface area contributed by atoms with E-state index >= 15 is 0 Å². The molecule has 168 valence electrons. The molecule has 2 saturated heterocycles. The summed E-state index contributed by atoms with van der Waals surface area (Å²) in [5, 5.41) is 6.45. The van der Waals surface area contributed by atoms with E-state index in [-0.39, 0.29) is 5.91 Å². The summed E-state index contributed by atoms with van der Waals surface area (Å²) in [6.07, 6.45) is 6.62. The number of carbonyl (C=O) groups is 1. The molecule has 3 heterocycles. The van der Waals surface area contributed by atoms with E-state index in [1.165, 1.54) is 6.42 Å². The van der Waals surface area contributed by atoms with Crippen LogP contribution in [-0.2, 0) is 4.79 Å². The Morgan fingerprint density at radius 3 is 2.80 bits per heavy atom. The maximum Gasteiger partial charge on any atom is 0.220 e. The molecule has 30 heavy (non-hydrogen) atoms. The number of hydrogen-bond donors (Lipinski definition) is 2. The van der Waals surface area contributed by atoms with Crippen molar-refractivity contribution in [1.29, 1.82) is 0 Å². The number of anilines is 2. The number of amides is 1. The lowest BCUT2D eigenvalue weighted by Gasteiger charge is -2.33. The zero-order chi connectivity index (χ0) is 21.2. The fraction of sp³-hybridized carbons (Fsp3) is 0.773. The van der Waals surface area contributed by atoms with Gasteiger partial charge >= 0.3 is 0 Å². The first-order valence-electron chi connectivity index (χ1n) is 11.6. The van der Waals surface area contributed by atoms with Crippen LogP contribution in [0.25, 0.3) is 0 Å². The Morgan fingerprint density at radius 2 is 2.00 bits per heavy atom. The molecule has 1 aromatic rings. The molecule has 1 atom stereocenters. The maximum atomic E-state index is 12.3. The standard InChI is InChI=1S/C22H39N7O/c1-3-8-23-20-16-21(26-18-25-20)29-10-4-5-19(17-29)6-7-22(30)24-9-11-28-14-12-27(2)13-15-28/h16,18-19H,3-15,17H2,1-2H3,(H,24,30)(H,23,25,26)/t19-/m0/s1. The summed E-state index contributed by atoms with van der Waals surface area (Å²) < 4.78 is 0. The Hall–Kier alpha value is -1.93. The minimum Gasteiger partial charge on any atom is -0.370 e. The van der Waals surface area contributed by atoms with Crippen molar-refractivity contribution in [3.05, 3.63) is 12.4 Å². The van der Waals surface area contributed by atoms with E-state index in [0.717, 1.165) is 89.8 Å². The molecule has 0 spiro atoms. The van der Waals surface area contributed by atoms with E-state index < -0.39 is 0 Å². The Labute approximate surface area is 181 Å². The molecular formula is C22H39N7O. The minimum atomic E-state index is 0.189. The molecule has 0 bridgehead atoms. The monoisotopic (exact) mass is 417 g/mol. The predicted octanol–water partition coefficient (Wildman–Crippen LogP) is 1.66. The zero-order valence-corrected chi connectivity index (χ0v) is 18.8. The molecule has 0 aromatic carbocycles. The van der Waals surface area contributed by atoms with Crippen molar-refractivity contribution in [1.82, 2.24) is 25.1 Å². The van der Waals surface area contributed by atoms with Gasteiger partial charge in [0.1, 0.15) is 18.0 Å². The van der Waals surface area contributed by atoms with Crippen LogP contribution in [-0.4, -0.2) is 91.6 Å². The summed E-state index contributed by atoms with van der Waals surface area (Å²) in [6, 6.07) is 2.04. The lowest BCUT2D eigenvalue weighted by atomic mass is 9.93. The van der Waals surface area contributed by atoms with E-state index in [0.29, 0.717) is 12.3 Å². The quantitative estimate of drug-likeness (QED) is 0.599. The fourth-order valence-electron chi connectivity index (χ4n) is 4.23. The SMILES string of the molecule is CCCNc1cc(N2CCC[C@@H](CCC(=O)NCCN3CCN(C)CC3)C2)ncn1. The molecular weight excluding hydrogens is 378 g/mol. The lowest BCUT2D eigenvalue weighted by Crippen LogP contribution is -2.46. The van der Waals surface area contributed by atoms with Crippen LogP contribution in [0.15, 0.2) is 12.4 Å². The summed E-state index contributed by atoms with van der Waals surface area (Å²) >= 11 is 0. The summed E-state index contributed by atoms with van der Waals surface area (Å²) in [5.74, 6) is 2.62. The lowest BCUT2D eigenvalue weighted by molar-refractivity contribution is -0.121. The summed E-state index contributed by atoms with van der Waals surface area (Å²) in [7, 11) is 2.17. The number of carbonyl (C=O) groups excluding carboxylic acids is 1. The van der Waals surface area contributed by atoms with Crippen molar-refractivity contribution < 1.29 is 4.79 Å². The van der Waals surface area contributed by atoms with E-state index in [4.69, 9.17) is 0 Å². The highest BCUT2D eigenvalue weighted by Crippen LogP contribution is 2.25. The topological polar surface area (TPSA) is 76.6 Å². The molecule has 0 saturated carbocycles. The second kappa shape index (κ2) is 12.1. The Kier molecular flexibility index (Phi) is 9.14. The van der Waals surface area contributed by atoms with Gasteiger partial charge in [0.25, 0.3) is 0 Å². The van der Waals surface area contributed by atoms with Crippen LogP contribution in [0.4, 0.5) is 11.6 Å². The third-order valence-electron chi connectivity index (χ3n) is 6.18. The minimum absolute atomic E-state index is 0.189. The van der Waals surface area contributed by atoms with Crippen LogP contribution in [0.3, 0.4) is 0 Å². The number of piperidine rings is 1. The molecule has 1 amide bonds. The normalized spacial score (nSPS) is 20.9. The highest BCUT2D eigenvalue weighted by Gasteiger charge is 2.22. The second-order valence-corrected chi connectivity index (χ2v) is 8.68. The summed E-state index contributed by atoms with van der Waals surface area (Å²) in [6.45, 7) is 11.2. The molecule has 8 nitrogen and oxygen atoms in total. The predicted molar refractivity (Wildman–Crippen MR) is 122 cm³/mol. The number of aromatic nitrogens is 2. The van der Waals surface area contributed by atoms with Crippen LogP contribution >= 0.6 is 0 Å². The smallest absolute Gasteiger partial charge is 0.220 e. The average molecular weight is 418 g/mol. The van der Waals surface area contributed by atoms with Crippen molar-refractivity contribution in [2.75, 3.05) is 76.2 Å². The maximum absolute atomic E-state index is 12.3. The Morgan fingerprint density at radius 1 is 1.17 bits per heavy atom. The highest BCUT2D eigenvalue weighted by atomic mass is 16.1. The van der Waals surface area contributed by atoms with Gasteiger partial charge in [-0.05, 0) is 38.6 Å². The van der Waals surface area contributed by atoms with Gasteiger partial charge in [0.2, 0.25) is 5.91 Å². The molecule has 3 rings (SSSR count). The van der Waals surface area contributed by atoms with E-state index in [9.17, 15) is 4.79 Å². The van der Waals surface area contributed by atoms with Gasteiger partial charge in [0, 0.05) is 71.4 Å². The van der Waals surface area contributed by atoms with Crippen molar-refractivity contribution >= 4 is 17.5 Å². The Bertz CT molecular complexity index is 648. The second-order valence-electron chi connectivity index (χ2n) is 8.68. The van der Waals surface area contributed by atoms with Crippen LogP contribution in [0.1, 0.15) is 39.0 Å². The molecule has 0 unspecified atom stereocenters. The highest BCUT2D eigenvalue weighted by molar-refractivity contribution is 5.75. The summed E-state index contributed by atoms with van der Waals surface area (Å²) in [5.41, 5.74) is 0. The van der Waals surface area contributed by atoms with Crippen LogP contribution in [0.5, 0.6) is 0 Å². The van der Waals surface area contributed by atoms with Crippen molar-refractivity contribution in [2.24, 2.45) is 5.92 Å². The van der Waals surface area contributed by atoms with Gasteiger partial charge in [-0.2, -0.15) is 0 Å². The van der Waals surface area contributed by atoms with E-state index in [2.05, 4.69) is 49.3 Å². The molecule has 0 radical (unpaired) electrons. The van der Waals surface area contributed by atoms with Gasteiger partial charge in [0.15, 0.2) is 0 Å². The van der Waals surface area contributed by atoms with Crippen molar-refractivity contribution in [3.8, 4) is 0 Å². The number of hydrogen-bond acceptors (Lipinski definition) is 7. The fourth-order valence-corrected chi connectivity index (χ4v) is 4.23. The average Bonchev–Trinajstić information content (AvgIpc) is 2.78. The van der Waals surface area contributed by atoms with E-state index in [1.54, 1.807) is 6.33 Å². The first-order chi connectivity index (χ1) is 14.6. The number of piperazine rings is 1. The number of nitrogens with zero attached hydrogens (tertiary/aromatic N) is 5. The molecule has 2 aliphatic heterocycles.